The Hall–Kier alpha value is -3.13. The van der Waals surface area contributed by atoms with Crippen LogP contribution in [0.3, 0.4) is 0 Å². The predicted octanol–water partition coefficient (Wildman–Crippen LogP) is 9.56. The lowest BCUT2D eigenvalue weighted by Gasteiger charge is -2.37. The molecule has 0 aliphatic carbocycles. The van der Waals surface area contributed by atoms with E-state index < -0.39 is 0 Å². The second kappa shape index (κ2) is 15.5. The van der Waals surface area contributed by atoms with Crippen LogP contribution in [0.1, 0.15) is 106 Å². The largest absolute Gasteiger partial charge is 0.258 e. The fourth-order valence-electron chi connectivity index (χ4n) is 6.28. The standard InChI is InChI=1S/C37H48N2/c1-3-4-5-6-7-8-9-10-20-27-35(36-38-28-29-39(36)31-33-23-16-12-17-24-33)37(2,34-25-18-13-19-26-34)30-32-21-14-11-15-22-32/h11-19,21-26,28-29,35H,3-10,20,27,30-31H2,1-2H3/p+1. The first-order chi connectivity index (χ1) is 19.2. The van der Waals surface area contributed by atoms with Crippen LogP contribution in [0.5, 0.6) is 0 Å². The number of hydrogen-bond acceptors (Lipinski definition) is 0. The summed E-state index contributed by atoms with van der Waals surface area (Å²) in [5.74, 6) is 1.73. The van der Waals surface area contributed by atoms with Gasteiger partial charge < -0.3 is 0 Å². The third-order valence-corrected chi connectivity index (χ3v) is 8.53. The number of nitrogens with one attached hydrogen (secondary N) is 1. The molecule has 0 radical (unpaired) electrons. The Kier molecular flexibility index (Phi) is 11.4. The summed E-state index contributed by atoms with van der Waals surface area (Å²) in [6, 6.07) is 33.2. The number of rotatable bonds is 17. The summed E-state index contributed by atoms with van der Waals surface area (Å²) in [6.07, 6.45) is 18.8. The molecule has 39 heavy (non-hydrogen) atoms. The Morgan fingerprint density at radius 3 is 1.82 bits per heavy atom. The fraction of sp³-hybridized carbons (Fsp3) is 0.432. The van der Waals surface area contributed by atoms with Crippen LogP contribution in [0.25, 0.3) is 0 Å². The third-order valence-electron chi connectivity index (χ3n) is 8.53. The number of unbranched alkanes of at least 4 members (excludes halogenated alkanes) is 8. The van der Waals surface area contributed by atoms with E-state index in [1.807, 2.05) is 0 Å². The molecule has 0 aliphatic rings. The molecule has 0 spiro atoms. The van der Waals surface area contributed by atoms with E-state index in [0.717, 1.165) is 13.0 Å². The summed E-state index contributed by atoms with van der Waals surface area (Å²) < 4.78 is 2.46. The molecule has 0 saturated heterocycles. The van der Waals surface area contributed by atoms with Gasteiger partial charge in [-0.25, -0.2) is 9.55 Å². The predicted molar refractivity (Wildman–Crippen MR) is 165 cm³/mol. The maximum atomic E-state index is 3.73. The molecule has 1 aromatic heterocycles. The smallest absolute Gasteiger partial charge is 0.247 e. The van der Waals surface area contributed by atoms with Crippen molar-refractivity contribution >= 4 is 0 Å². The minimum Gasteiger partial charge on any atom is -0.247 e. The zero-order valence-electron chi connectivity index (χ0n) is 24.3. The van der Waals surface area contributed by atoms with E-state index >= 15 is 0 Å². The normalized spacial score (nSPS) is 13.7. The molecule has 2 unspecified atom stereocenters. The summed E-state index contributed by atoms with van der Waals surface area (Å²) >= 11 is 0. The number of imidazole rings is 1. The van der Waals surface area contributed by atoms with E-state index in [-0.39, 0.29) is 5.41 Å². The van der Waals surface area contributed by atoms with Gasteiger partial charge >= 0.3 is 0 Å². The average Bonchev–Trinajstić information content (AvgIpc) is 3.43. The van der Waals surface area contributed by atoms with Crippen LogP contribution in [0, 0.1) is 0 Å². The molecule has 0 fully saturated rings. The molecule has 1 heterocycles. The Balaban J connectivity index is 1.58. The topological polar surface area (TPSA) is 19.7 Å². The summed E-state index contributed by atoms with van der Waals surface area (Å²) in [4.78, 5) is 3.73. The maximum absolute atomic E-state index is 3.73. The Morgan fingerprint density at radius 1 is 0.667 bits per heavy atom. The molecule has 0 bridgehead atoms. The minimum absolute atomic E-state index is 0.0357. The van der Waals surface area contributed by atoms with Gasteiger partial charge in [0, 0.05) is 5.41 Å². The summed E-state index contributed by atoms with van der Waals surface area (Å²) in [6.45, 7) is 5.69. The molecule has 2 heteroatoms. The third kappa shape index (κ3) is 8.43. The molecule has 2 nitrogen and oxygen atoms in total. The lowest BCUT2D eigenvalue weighted by atomic mass is 9.66. The van der Waals surface area contributed by atoms with E-state index in [0.29, 0.717) is 5.92 Å². The van der Waals surface area contributed by atoms with Crippen molar-refractivity contribution in [3.05, 3.63) is 126 Å². The average molecular weight is 522 g/mol. The number of hydrogen-bond donors (Lipinski definition) is 1. The molecule has 0 aliphatic heterocycles. The molecule has 3 aromatic carbocycles. The van der Waals surface area contributed by atoms with Gasteiger partial charge in [-0.15, -0.1) is 0 Å². The maximum Gasteiger partial charge on any atom is 0.258 e. The van der Waals surface area contributed by atoms with Gasteiger partial charge in [-0.3, -0.25) is 0 Å². The fourth-order valence-corrected chi connectivity index (χ4v) is 6.28. The SMILES string of the molecule is CCCCCCCCCCCC(c1[nH]cc[n+]1Cc1ccccc1)C(C)(Cc1ccccc1)c1ccccc1. The quantitative estimate of drug-likeness (QED) is 0.105. The summed E-state index contributed by atoms with van der Waals surface area (Å²) in [7, 11) is 0. The van der Waals surface area contributed by atoms with Crippen LogP contribution >= 0.6 is 0 Å². The van der Waals surface area contributed by atoms with Gasteiger partial charge in [0.05, 0.1) is 5.92 Å². The van der Waals surface area contributed by atoms with E-state index in [9.17, 15) is 0 Å². The van der Waals surface area contributed by atoms with Crippen LogP contribution in [0.2, 0.25) is 0 Å². The monoisotopic (exact) mass is 521 g/mol. The second-order valence-electron chi connectivity index (χ2n) is 11.6. The zero-order chi connectivity index (χ0) is 27.2. The van der Waals surface area contributed by atoms with Crippen molar-refractivity contribution in [2.45, 2.75) is 102 Å². The highest BCUT2D eigenvalue weighted by Gasteiger charge is 2.42. The molecule has 4 rings (SSSR count). The molecular formula is C37H49N2+. The number of aromatic amines is 1. The molecule has 2 atom stereocenters. The van der Waals surface area contributed by atoms with Crippen molar-refractivity contribution in [1.29, 1.82) is 0 Å². The van der Waals surface area contributed by atoms with Gasteiger partial charge in [0.25, 0.3) is 5.82 Å². The van der Waals surface area contributed by atoms with Gasteiger partial charge in [0.2, 0.25) is 0 Å². The van der Waals surface area contributed by atoms with Crippen LogP contribution in [-0.2, 0) is 18.4 Å². The van der Waals surface area contributed by atoms with Gasteiger partial charge in [0.15, 0.2) is 0 Å². The Labute approximate surface area is 237 Å². The minimum atomic E-state index is -0.0357. The van der Waals surface area contributed by atoms with E-state index in [1.54, 1.807) is 0 Å². The zero-order valence-corrected chi connectivity index (χ0v) is 24.3. The number of nitrogens with zero attached hydrogens (tertiary/aromatic N) is 1. The first-order valence-corrected chi connectivity index (χ1v) is 15.4. The first-order valence-electron chi connectivity index (χ1n) is 15.4. The highest BCUT2D eigenvalue weighted by Crippen LogP contribution is 2.43. The van der Waals surface area contributed by atoms with Gasteiger partial charge in [-0.05, 0) is 29.5 Å². The van der Waals surface area contributed by atoms with Crippen LogP contribution in [0.15, 0.2) is 103 Å². The van der Waals surface area contributed by atoms with E-state index in [1.165, 1.54) is 86.7 Å². The summed E-state index contributed by atoms with van der Waals surface area (Å²) in [5, 5.41) is 0. The van der Waals surface area contributed by atoms with Crippen LogP contribution in [-0.4, -0.2) is 4.98 Å². The number of benzene rings is 3. The lowest BCUT2D eigenvalue weighted by molar-refractivity contribution is -0.696. The van der Waals surface area contributed by atoms with E-state index in [2.05, 4.69) is 127 Å². The molecule has 0 saturated carbocycles. The highest BCUT2D eigenvalue weighted by atomic mass is 15.1. The Morgan fingerprint density at radius 2 is 1.21 bits per heavy atom. The lowest BCUT2D eigenvalue weighted by Crippen LogP contribution is -2.44. The highest BCUT2D eigenvalue weighted by molar-refractivity contribution is 5.32. The number of H-pyrrole nitrogens is 1. The number of aromatic nitrogens is 2. The van der Waals surface area contributed by atoms with E-state index in [4.69, 9.17) is 0 Å². The molecule has 0 amide bonds. The van der Waals surface area contributed by atoms with Crippen LogP contribution < -0.4 is 4.57 Å². The van der Waals surface area contributed by atoms with Crippen molar-refractivity contribution < 1.29 is 4.57 Å². The van der Waals surface area contributed by atoms with Gasteiger partial charge in [0.1, 0.15) is 18.9 Å². The van der Waals surface area contributed by atoms with Crippen molar-refractivity contribution in [2.24, 2.45) is 0 Å². The molecular weight excluding hydrogens is 472 g/mol. The van der Waals surface area contributed by atoms with Crippen LogP contribution in [0.4, 0.5) is 0 Å². The first kappa shape index (κ1) is 28.9. The van der Waals surface area contributed by atoms with Crippen molar-refractivity contribution in [1.82, 2.24) is 4.98 Å². The summed E-state index contributed by atoms with van der Waals surface area (Å²) in [5.41, 5.74) is 4.14. The molecule has 4 aromatic rings. The Bertz CT molecular complexity index is 1180. The van der Waals surface area contributed by atoms with Gasteiger partial charge in [-0.2, -0.15) is 0 Å². The van der Waals surface area contributed by atoms with Crippen molar-refractivity contribution in [3.63, 3.8) is 0 Å². The van der Waals surface area contributed by atoms with Crippen molar-refractivity contribution in [3.8, 4) is 0 Å². The van der Waals surface area contributed by atoms with Gasteiger partial charge in [-0.1, -0.05) is 163 Å². The second-order valence-corrected chi connectivity index (χ2v) is 11.6. The molecule has 206 valence electrons. The molecule has 1 N–H and O–H groups in total. The van der Waals surface area contributed by atoms with Crippen molar-refractivity contribution in [2.75, 3.05) is 0 Å².